The van der Waals surface area contributed by atoms with Crippen LogP contribution in [0.3, 0.4) is 0 Å². The maximum atomic E-state index is 6.16. The van der Waals surface area contributed by atoms with Crippen molar-refractivity contribution in [1.82, 2.24) is 13.6 Å². The molecule has 1 aromatic heterocycles. The first kappa shape index (κ1) is 14.0. The quantitative estimate of drug-likeness (QED) is 0.456. The van der Waals surface area contributed by atoms with Crippen LogP contribution in [0.25, 0.3) is 0 Å². The molecule has 1 atom stereocenters. The van der Waals surface area contributed by atoms with Gasteiger partial charge in [0.2, 0.25) is 0 Å². The van der Waals surface area contributed by atoms with Crippen molar-refractivity contribution >= 4 is 35.3 Å². The Hall–Kier alpha value is 0.0200. The molecule has 0 saturated carbocycles. The van der Waals surface area contributed by atoms with Gasteiger partial charge >= 0.3 is 0 Å². The SMILES string of the molecule is CCSCSc1nsnc1O[C@@H]1CN2CCC1CC2. The maximum absolute atomic E-state index is 6.16. The molecule has 1 aromatic rings. The van der Waals surface area contributed by atoms with Gasteiger partial charge in [-0.1, -0.05) is 18.7 Å². The normalized spacial score (nSPS) is 29.6. The molecular formula is C12H19N3OS3. The van der Waals surface area contributed by atoms with Gasteiger partial charge in [0.05, 0.1) is 11.7 Å². The Balaban J connectivity index is 1.59. The maximum Gasteiger partial charge on any atom is 0.260 e. The predicted molar refractivity (Wildman–Crippen MR) is 82.3 cm³/mol. The van der Waals surface area contributed by atoms with Gasteiger partial charge < -0.3 is 4.74 Å². The average molecular weight is 318 g/mol. The van der Waals surface area contributed by atoms with Crippen molar-refractivity contribution in [2.45, 2.75) is 30.9 Å². The molecule has 0 amide bonds. The number of thioether (sulfide) groups is 2. The summed E-state index contributed by atoms with van der Waals surface area (Å²) >= 11 is 4.92. The van der Waals surface area contributed by atoms with Gasteiger partial charge in [-0.3, -0.25) is 4.90 Å². The van der Waals surface area contributed by atoms with Crippen LogP contribution in [0.4, 0.5) is 0 Å². The van der Waals surface area contributed by atoms with E-state index in [0.29, 0.717) is 6.10 Å². The van der Waals surface area contributed by atoms with E-state index in [1.807, 2.05) is 11.8 Å². The summed E-state index contributed by atoms with van der Waals surface area (Å²) in [6.07, 6.45) is 2.87. The molecule has 4 rings (SSSR count). The fraction of sp³-hybridized carbons (Fsp3) is 0.833. The van der Waals surface area contributed by atoms with E-state index in [0.717, 1.165) is 34.2 Å². The molecule has 106 valence electrons. The van der Waals surface area contributed by atoms with Gasteiger partial charge in [-0.25, -0.2) is 0 Å². The van der Waals surface area contributed by atoms with E-state index < -0.39 is 0 Å². The van der Waals surface area contributed by atoms with Crippen LogP contribution < -0.4 is 4.74 Å². The van der Waals surface area contributed by atoms with Crippen LogP contribution in [0.15, 0.2) is 5.03 Å². The van der Waals surface area contributed by atoms with E-state index in [4.69, 9.17) is 4.74 Å². The van der Waals surface area contributed by atoms with E-state index >= 15 is 0 Å². The Morgan fingerprint density at radius 3 is 2.89 bits per heavy atom. The Morgan fingerprint density at radius 2 is 2.21 bits per heavy atom. The molecule has 19 heavy (non-hydrogen) atoms. The van der Waals surface area contributed by atoms with Gasteiger partial charge in [0.15, 0.2) is 5.03 Å². The van der Waals surface area contributed by atoms with Crippen molar-refractivity contribution < 1.29 is 4.74 Å². The van der Waals surface area contributed by atoms with Gasteiger partial charge in [0.25, 0.3) is 5.88 Å². The molecule has 4 nitrogen and oxygen atoms in total. The second kappa shape index (κ2) is 6.65. The van der Waals surface area contributed by atoms with E-state index in [9.17, 15) is 0 Å². The third-order valence-corrected chi connectivity index (χ3v) is 6.49. The van der Waals surface area contributed by atoms with Gasteiger partial charge in [-0.05, 0) is 37.6 Å². The third-order valence-electron chi connectivity index (χ3n) is 3.77. The van der Waals surface area contributed by atoms with Crippen molar-refractivity contribution in [3.8, 4) is 5.88 Å². The molecule has 3 aliphatic rings. The summed E-state index contributed by atoms with van der Waals surface area (Å²) in [5.74, 6) is 2.63. The Kier molecular flexibility index (Phi) is 4.89. The first-order chi connectivity index (χ1) is 9.36. The van der Waals surface area contributed by atoms with Crippen molar-refractivity contribution in [2.24, 2.45) is 5.92 Å². The number of hydrogen-bond donors (Lipinski definition) is 0. The fourth-order valence-corrected chi connectivity index (χ4v) is 5.13. The zero-order chi connectivity index (χ0) is 13.1. The topological polar surface area (TPSA) is 38.3 Å². The van der Waals surface area contributed by atoms with Crippen molar-refractivity contribution in [3.05, 3.63) is 0 Å². The lowest BCUT2D eigenvalue weighted by atomic mass is 9.86. The molecule has 2 bridgehead atoms. The molecule has 0 N–H and O–H groups in total. The Bertz CT molecular complexity index is 407. The zero-order valence-corrected chi connectivity index (χ0v) is 13.5. The van der Waals surface area contributed by atoms with Gasteiger partial charge in [0.1, 0.15) is 6.10 Å². The van der Waals surface area contributed by atoms with Crippen LogP contribution in [0.2, 0.25) is 0 Å². The van der Waals surface area contributed by atoms with Crippen LogP contribution >= 0.6 is 35.3 Å². The van der Waals surface area contributed by atoms with Crippen molar-refractivity contribution in [2.75, 3.05) is 30.5 Å². The predicted octanol–water partition coefficient (Wildman–Crippen LogP) is 2.81. The number of ether oxygens (including phenoxy) is 1. The Labute approximate surface area is 127 Å². The standard InChI is InChI=1S/C12H19N3OS3/c1-2-17-8-18-12-11(13-19-14-12)16-10-7-15-5-3-9(10)4-6-15/h9-10H,2-8H2,1H3/t10-/m1/s1. The lowest BCUT2D eigenvalue weighted by Gasteiger charge is -2.44. The summed E-state index contributed by atoms with van der Waals surface area (Å²) in [6, 6.07) is 0. The highest BCUT2D eigenvalue weighted by Crippen LogP contribution is 2.34. The molecule has 3 aliphatic heterocycles. The first-order valence-electron chi connectivity index (χ1n) is 6.79. The largest absolute Gasteiger partial charge is 0.470 e. The minimum Gasteiger partial charge on any atom is -0.470 e. The molecule has 3 fully saturated rings. The lowest BCUT2D eigenvalue weighted by Crippen LogP contribution is -2.52. The van der Waals surface area contributed by atoms with Crippen LogP contribution in [-0.4, -0.2) is 50.2 Å². The molecule has 0 aromatic carbocycles. The van der Waals surface area contributed by atoms with Gasteiger partial charge in [-0.15, -0.1) is 4.37 Å². The minimum atomic E-state index is 0.324. The van der Waals surface area contributed by atoms with E-state index in [1.54, 1.807) is 11.8 Å². The number of aromatic nitrogens is 2. The summed E-state index contributed by atoms with van der Waals surface area (Å²) in [4.78, 5) is 2.50. The molecule has 0 spiro atoms. The highest BCUT2D eigenvalue weighted by Gasteiger charge is 2.36. The summed E-state index contributed by atoms with van der Waals surface area (Å²) in [6.45, 7) is 5.73. The molecular weight excluding hydrogens is 298 g/mol. The third kappa shape index (κ3) is 3.37. The van der Waals surface area contributed by atoms with Crippen LogP contribution in [0, 0.1) is 5.92 Å². The molecule has 0 radical (unpaired) electrons. The van der Waals surface area contributed by atoms with Crippen LogP contribution in [0.5, 0.6) is 5.88 Å². The number of nitrogens with zero attached hydrogens (tertiary/aromatic N) is 3. The summed E-state index contributed by atoms with van der Waals surface area (Å²) in [7, 11) is 0. The zero-order valence-electron chi connectivity index (χ0n) is 11.1. The van der Waals surface area contributed by atoms with Crippen LogP contribution in [-0.2, 0) is 0 Å². The summed E-state index contributed by atoms with van der Waals surface area (Å²) < 4.78 is 14.8. The fourth-order valence-electron chi connectivity index (χ4n) is 2.70. The minimum absolute atomic E-state index is 0.324. The van der Waals surface area contributed by atoms with Crippen molar-refractivity contribution in [1.29, 1.82) is 0 Å². The lowest BCUT2D eigenvalue weighted by molar-refractivity contribution is -0.0110. The number of rotatable bonds is 6. The molecule has 0 unspecified atom stereocenters. The molecule has 0 aliphatic carbocycles. The van der Waals surface area contributed by atoms with E-state index in [1.165, 1.54) is 37.7 Å². The smallest absolute Gasteiger partial charge is 0.260 e. The summed E-state index contributed by atoms with van der Waals surface area (Å²) in [5, 5.41) is 2.00. The number of fused-ring (bicyclic) bond motifs is 3. The monoisotopic (exact) mass is 317 g/mol. The highest BCUT2D eigenvalue weighted by atomic mass is 32.2. The van der Waals surface area contributed by atoms with Gasteiger partial charge in [-0.2, -0.15) is 16.1 Å². The van der Waals surface area contributed by atoms with E-state index in [2.05, 4.69) is 20.6 Å². The second-order valence-electron chi connectivity index (χ2n) is 4.92. The molecule has 4 heterocycles. The summed E-state index contributed by atoms with van der Waals surface area (Å²) in [5.41, 5.74) is 0. The second-order valence-corrected chi connectivity index (χ2v) is 8.06. The number of piperidine rings is 3. The van der Waals surface area contributed by atoms with Crippen molar-refractivity contribution in [3.63, 3.8) is 0 Å². The number of hydrogen-bond acceptors (Lipinski definition) is 7. The highest BCUT2D eigenvalue weighted by molar-refractivity contribution is 8.16. The van der Waals surface area contributed by atoms with E-state index in [-0.39, 0.29) is 0 Å². The Morgan fingerprint density at radius 1 is 1.37 bits per heavy atom. The first-order valence-corrected chi connectivity index (χ1v) is 9.66. The molecule has 7 heteroatoms. The average Bonchev–Trinajstić information content (AvgIpc) is 2.88. The van der Waals surface area contributed by atoms with Crippen LogP contribution in [0.1, 0.15) is 19.8 Å². The van der Waals surface area contributed by atoms with Gasteiger partial charge in [0, 0.05) is 11.6 Å². The molecule has 3 saturated heterocycles.